The maximum absolute atomic E-state index is 12.4. The number of likely N-dealkylation sites (tertiary alicyclic amines) is 1. The van der Waals surface area contributed by atoms with Crippen molar-refractivity contribution in [2.24, 2.45) is 11.7 Å². The van der Waals surface area contributed by atoms with E-state index in [0.29, 0.717) is 13.1 Å². The number of piperidine rings is 1. The first-order chi connectivity index (χ1) is 12.0. The van der Waals surface area contributed by atoms with Gasteiger partial charge >= 0.3 is 6.09 Å². The number of amides is 2. The van der Waals surface area contributed by atoms with Crippen molar-refractivity contribution in [2.45, 2.75) is 51.8 Å². The molecule has 1 aliphatic rings. The van der Waals surface area contributed by atoms with Crippen LogP contribution in [0.1, 0.15) is 38.7 Å². The Balaban J connectivity index is 1.86. The van der Waals surface area contributed by atoms with Crippen molar-refractivity contribution in [3.8, 4) is 0 Å². The molecule has 2 atom stereocenters. The van der Waals surface area contributed by atoms with E-state index >= 15 is 0 Å². The number of ether oxygens (including phenoxy) is 1. The molecule has 0 bridgehead atoms. The van der Waals surface area contributed by atoms with Gasteiger partial charge in [-0.1, -0.05) is 44.2 Å². The number of rotatable bonds is 6. The molecule has 6 nitrogen and oxygen atoms in total. The number of hydrogen-bond acceptors (Lipinski definition) is 4. The monoisotopic (exact) mass is 347 g/mol. The first-order valence-corrected chi connectivity index (χ1v) is 8.99. The third-order valence-corrected chi connectivity index (χ3v) is 4.60. The lowest BCUT2D eigenvalue weighted by atomic mass is 10.0. The first kappa shape index (κ1) is 19.2. The molecule has 138 valence electrons. The van der Waals surface area contributed by atoms with Crippen LogP contribution in [0.25, 0.3) is 0 Å². The van der Waals surface area contributed by atoms with Gasteiger partial charge in [-0.05, 0) is 30.7 Å². The van der Waals surface area contributed by atoms with Gasteiger partial charge in [0, 0.05) is 13.1 Å². The zero-order chi connectivity index (χ0) is 18.2. The Kier molecular flexibility index (Phi) is 7.25. The van der Waals surface area contributed by atoms with E-state index in [1.807, 2.05) is 44.2 Å². The highest BCUT2D eigenvalue weighted by molar-refractivity contribution is 5.81. The summed E-state index contributed by atoms with van der Waals surface area (Å²) in [5, 5.41) is 2.88. The van der Waals surface area contributed by atoms with Crippen LogP contribution in [0, 0.1) is 5.92 Å². The molecule has 0 saturated carbocycles. The summed E-state index contributed by atoms with van der Waals surface area (Å²) in [5.41, 5.74) is 6.82. The molecule has 2 amide bonds. The van der Waals surface area contributed by atoms with Crippen LogP contribution >= 0.6 is 0 Å². The summed E-state index contributed by atoms with van der Waals surface area (Å²) in [6.45, 7) is 5.16. The quantitative estimate of drug-likeness (QED) is 0.827. The van der Waals surface area contributed by atoms with Gasteiger partial charge in [-0.15, -0.1) is 0 Å². The zero-order valence-corrected chi connectivity index (χ0v) is 15.1. The molecule has 0 aromatic heterocycles. The van der Waals surface area contributed by atoms with Gasteiger partial charge in [-0.3, -0.25) is 4.79 Å². The molecular formula is C19H29N3O3. The highest BCUT2D eigenvalue weighted by atomic mass is 16.6. The highest BCUT2D eigenvalue weighted by Gasteiger charge is 2.29. The number of nitrogens with zero attached hydrogens (tertiary/aromatic N) is 1. The standard InChI is InChI=1S/C19H29N3O3/c1-14(2)17(20)18(23)21-12-16-10-6-7-11-22(16)19(24)25-13-15-8-4-3-5-9-15/h3-5,8-9,14,16-17H,6-7,10-13,20H2,1-2H3,(H,21,23)/t16?,17-/m0/s1. The lowest BCUT2D eigenvalue weighted by Gasteiger charge is -2.35. The van der Waals surface area contributed by atoms with Gasteiger partial charge in [0.2, 0.25) is 5.91 Å². The Morgan fingerprint density at radius 1 is 1.28 bits per heavy atom. The third kappa shape index (κ3) is 5.74. The summed E-state index contributed by atoms with van der Waals surface area (Å²) in [5.74, 6) is -0.0866. The van der Waals surface area contributed by atoms with E-state index in [9.17, 15) is 9.59 Å². The predicted octanol–water partition coefficient (Wildman–Crippen LogP) is 2.28. The molecule has 25 heavy (non-hydrogen) atoms. The fraction of sp³-hybridized carbons (Fsp3) is 0.579. The van der Waals surface area contributed by atoms with Crippen LogP contribution < -0.4 is 11.1 Å². The van der Waals surface area contributed by atoms with E-state index in [1.54, 1.807) is 4.90 Å². The van der Waals surface area contributed by atoms with Gasteiger partial charge in [-0.2, -0.15) is 0 Å². The van der Waals surface area contributed by atoms with Crippen LogP contribution in [0.5, 0.6) is 0 Å². The van der Waals surface area contributed by atoms with E-state index in [2.05, 4.69) is 5.32 Å². The van der Waals surface area contributed by atoms with Crippen molar-refractivity contribution < 1.29 is 14.3 Å². The van der Waals surface area contributed by atoms with Crippen molar-refractivity contribution in [2.75, 3.05) is 13.1 Å². The third-order valence-electron chi connectivity index (χ3n) is 4.60. The van der Waals surface area contributed by atoms with Crippen LogP contribution in [-0.2, 0) is 16.1 Å². The Hall–Kier alpha value is -2.08. The van der Waals surface area contributed by atoms with Crippen LogP contribution in [0.3, 0.4) is 0 Å². The van der Waals surface area contributed by atoms with Gasteiger partial charge < -0.3 is 20.7 Å². The fourth-order valence-electron chi connectivity index (χ4n) is 2.89. The summed E-state index contributed by atoms with van der Waals surface area (Å²) in [7, 11) is 0. The molecule has 6 heteroatoms. The fourth-order valence-corrected chi connectivity index (χ4v) is 2.89. The lowest BCUT2D eigenvalue weighted by Crippen LogP contribution is -2.52. The Morgan fingerprint density at radius 3 is 2.68 bits per heavy atom. The Bertz CT molecular complexity index is 562. The Labute approximate surface area is 149 Å². The second-order valence-corrected chi connectivity index (χ2v) is 6.90. The smallest absolute Gasteiger partial charge is 0.410 e. The average Bonchev–Trinajstić information content (AvgIpc) is 2.64. The normalized spacial score (nSPS) is 18.7. The van der Waals surface area contributed by atoms with Crippen molar-refractivity contribution in [1.82, 2.24) is 10.2 Å². The summed E-state index contributed by atoms with van der Waals surface area (Å²) >= 11 is 0. The molecular weight excluding hydrogens is 318 g/mol. The minimum absolute atomic E-state index is 0.0414. The highest BCUT2D eigenvalue weighted by Crippen LogP contribution is 2.18. The van der Waals surface area contributed by atoms with Crippen molar-refractivity contribution >= 4 is 12.0 Å². The molecule has 0 radical (unpaired) electrons. The maximum atomic E-state index is 12.4. The van der Waals surface area contributed by atoms with Gasteiger partial charge in [0.25, 0.3) is 0 Å². The maximum Gasteiger partial charge on any atom is 0.410 e. The van der Waals surface area contributed by atoms with E-state index < -0.39 is 6.04 Å². The second kappa shape index (κ2) is 9.42. The molecule has 1 fully saturated rings. The van der Waals surface area contributed by atoms with Crippen LogP contribution in [0.15, 0.2) is 30.3 Å². The topological polar surface area (TPSA) is 84.7 Å². The Morgan fingerprint density at radius 2 is 2.00 bits per heavy atom. The lowest BCUT2D eigenvalue weighted by molar-refractivity contribution is -0.123. The van der Waals surface area contributed by atoms with E-state index in [0.717, 1.165) is 24.8 Å². The van der Waals surface area contributed by atoms with E-state index in [-0.39, 0.29) is 30.6 Å². The molecule has 1 unspecified atom stereocenters. The summed E-state index contributed by atoms with van der Waals surface area (Å²) < 4.78 is 5.44. The van der Waals surface area contributed by atoms with E-state index in [1.165, 1.54) is 0 Å². The van der Waals surface area contributed by atoms with Gasteiger partial charge in [0.05, 0.1) is 12.1 Å². The average molecular weight is 347 g/mol. The molecule has 0 spiro atoms. The second-order valence-electron chi connectivity index (χ2n) is 6.90. The largest absolute Gasteiger partial charge is 0.445 e. The summed E-state index contributed by atoms with van der Waals surface area (Å²) in [4.78, 5) is 26.2. The van der Waals surface area contributed by atoms with Crippen molar-refractivity contribution in [1.29, 1.82) is 0 Å². The number of carbonyl (C=O) groups is 2. The predicted molar refractivity (Wildman–Crippen MR) is 96.8 cm³/mol. The van der Waals surface area contributed by atoms with E-state index in [4.69, 9.17) is 10.5 Å². The molecule has 1 aliphatic heterocycles. The SMILES string of the molecule is CC(C)[C@H](N)C(=O)NCC1CCCCN1C(=O)OCc1ccccc1. The van der Waals surface area contributed by atoms with Gasteiger partial charge in [-0.25, -0.2) is 4.79 Å². The number of nitrogens with one attached hydrogen (secondary N) is 1. The van der Waals surface area contributed by atoms with Crippen molar-refractivity contribution in [3.05, 3.63) is 35.9 Å². The zero-order valence-electron chi connectivity index (χ0n) is 15.1. The molecule has 1 aromatic rings. The number of hydrogen-bond donors (Lipinski definition) is 2. The minimum atomic E-state index is -0.526. The molecule has 0 aliphatic carbocycles. The summed E-state index contributed by atoms with van der Waals surface area (Å²) in [6, 6.07) is 9.04. The number of carbonyl (C=O) groups excluding carboxylic acids is 2. The van der Waals surface area contributed by atoms with Crippen LogP contribution in [0.2, 0.25) is 0 Å². The van der Waals surface area contributed by atoms with Crippen LogP contribution in [0.4, 0.5) is 4.79 Å². The molecule has 1 aromatic carbocycles. The number of nitrogens with two attached hydrogens (primary N) is 1. The summed E-state index contributed by atoms with van der Waals surface area (Å²) in [6.07, 6.45) is 2.53. The van der Waals surface area contributed by atoms with Crippen molar-refractivity contribution in [3.63, 3.8) is 0 Å². The molecule has 1 saturated heterocycles. The molecule has 2 rings (SSSR count). The van der Waals surface area contributed by atoms with Gasteiger partial charge in [0.1, 0.15) is 6.61 Å². The number of benzene rings is 1. The molecule has 1 heterocycles. The first-order valence-electron chi connectivity index (χ1n) is 8.99. The van der Waals surface area contributed by atoms with Crippen LogP contribution in [-0.4, -0.2) is 42.1 Å². The molecule has 3 N–H and O–H groups in total. The minimum Gasteiger partial charge on any atom is -0.445 e. The van der Waals surface area contributed by atoms with Gasteiger partial charge in [0.15, 0.2) is 0 Å².